The summed E-state index contributed by atoms with van der Waals surface area (Å²) in [7, 11) is 0. The predicted octanol–water partition coefficient (Wildman–Crippen LogP) is 2.53. The monoisotopic (exact) mass is 267 g/mol. The third-order valence-corrected chi connectivity index (χ3v) is 3.38. The average Bonchev–Trinajstić information content (AvgIpc) is 2.31. The van der Waals surface area contributed by atoms with Gasteiger partial charge < -0.3 is 10.4 Å². The topological polar surface area (TPSA) is 66.4 Å². The minimum atomic E-state index is -0.792. The van der Waals surface area contributed by atoms with Crippen molar-refractivity contribution in [3.8, 4) is 0 Å². The Kier molecular flexibility index (Phi) is 6.28. The fourth-order valence-electron chi connectivity index (χ4n) is 1.39. The number of amides is 1. The third-order valence-electron chi connectivity index (χ3n) is 2.33. The summed E-state index contributed by atoms with van der Waals surface area (Å²) in [5, 5.41) is 11.3. The fourth-order valence-corrected chi connectivity index (χ4v) is 2.14. The van der Waals surface area contributed by atoms with Crippen molar-refractivity contribution in [2.24, 2.45) is 0 Å². The average molecular weight is 267 g/mol. The summed E-state index contributed by atoms with van der Waals surface area (Å²) >= 11 is 1.45. The molecule has 0 radical (unpaired) electrons. The first-order valence-electron chi connectivity index (χ1n) is 5.74. The molecule has 0 spiro atoms. The molecule has 98 valence electrons. The number of rotatable bonds is 7. The zero-order chi connectivity index (χ0) is 13.4. The first-order chi connectivity index (χ1) is 8.59. The van der Waals surface area contributed by atoms with Crippen LogP contribution in [0.2, 0.25) is 0 Å². The largest absolute Gasteiger partial charge is 0.481 e. The number of carboxylic acids is 1. The van der Waals surface area contributed by atoms with Crippen molar-refractivity contribution in [3.05, 3.63) is 29.8 Å². The number of carbonyl (C=O) groups is 2. The molecule has 0 aliphatic carbocycles. The lowest BCUT2D eigenvalue weighted by Gasteiger charge is -2.07. The number of carboxylic acid groups (broad SMARTS) is 1. The van der Waals surface area contributed by atoms with Gasteiger partial charge in [-0.2, -0.15) is 11.8 Å². The number of aliphatic carboxylic acids is 1. The fraction of sp³-hybridized carbons (Fsp3) is 0.385. The molecule has 1 aromatic rings. The van der Waals surface area contributed by atoms with E-state index in [2.05, 4.69) is 5.32 Å². The Balaban J connectivity index is 2.22. The molecule has 4 nitrogen and oxygen atoms in total. The molecule has 0 atom stereocenters. The second-order valence-corrected chi connectivity index (χ2v) is 5.02. The maximum Gasteiger partial charge on any atom is 0.303 e. The van der Waals surface area contributed by atoms with Crippen LogP contribution in [0, 0.1) is 6.92 Å². The van der Waals surface area contributed by atoms with Gasteiger partial charge in [-0.05, 0) is 30.7 Å². The second-order valence-electron chi connectivity index (χ2n) is 3.91. The number of anilines is 1. The smallest absolute Gasteiger partial charge is 0.303 e. The first kappa shape index (κ1) is 14.6. The molecule has 0 fully saturated rings. The number of aryl methyl sites for hydroxylation is 1. The summed E-state index contributed by atoms with van der Waals surface area (Å²) < 4.78 is 0. The van der Waals surface area contributed by atoms with Gasteiger partial charge in [0.1, 0.15) is 0 Å². The number of thioether (sulfide) groups is 1. The van der Waals surface area contributed by atoms with Crippen LogP contribution in [0.4, 0.5) is 5.69 Å². The van der Waals surface area contributed by atoms with E-state index in [1.165, 1.54) is 11.8 Å². The molecule has 0 heterocycles. The molecular weight excluding hydrogens is 250 g/mol. The van der Waals surface area contributed by atoms with Crippen LogP contribution in [0.15, 0.2) is 24.3 Å². The summed E-state index contributed by atoms with van der Waals surface area (Å²) in [4.78, 5) is 21.9. The number of benzene rings is 1. The van der Waals surface area contributed by atoms with Gasteiger partial charge in [-0.15, -0.1) is 0 Å². The van der Waals surface area contributed by atoms with E-state index in [0.717, 1.165) is 11.3 Å². The SMILES string of the molecule is Cc1ccccc1NC(=O)CSCCCC(=O)O. The Morgan fingerprint density at radius 3 is 2.72 bits per heavy atom. The molecule has 0 saturated carbocycles. The minimum absolute atomic E-state index is 0.0513. The lowest BCUT2D eigenvalue weighted by molar-refractivity contribution is -0.137. The van der Waals surface area contributed by atoms with E-state index in [1.807, 2.05) is 31.2 Å². The summed E-state index contributed by atoms with van der Waals surface area (Å²) in [6.45, 7) is 1.94. The second kappa shape index (κ2) is 7.76. The molecule has 0 bridgehead atoms. The van der Waals surface area contributed by atoms with E-state index in [9.17, 15) is 9.59 Å². The lowest BCUT2D eigenvalue weighted by atomic mass is 10.2. The van der Waals surface area contributed by atoms with Crippen molar-refractivity contribution in [3.63, 3.8) is 0 Å². The highest BCUT2D eigenvalue weighted by molar-refractivity contribution is 7.99. The van der Waals surface area contributed by atoms with Crippen molar-refractivity contribution < 1.29 is 14.7 Å². The Morgan fingerprint density at radius 1 is 1.33 bits per heavy atom. The van der Waals surface area contributed by atoms with E-state index in [0.29, 0.717) is 17.9 Å². The van der Waals surface area contributed by atoms with Crippen molar-refractivity contribution >= 4 is 29.3 Å². The van der Waals surface area contributed by atoms with Gasteiger partial charge in [0.15, 0.2) is 0 Å². The van der Waals surface area contributed by atoms with E-state index in [4.69, 9.17) is 5.11 Å². The van der Waals surface area contributed by atoms with Gasteiger partial charge in [0.2, 0.25) is 5.91 Å². The number of para-hydroxylation sites is 1. The van der Waals surface area contributed by atoms with Crippen LogP contribution in [0.1, 0.15) is 18.4 Å². The molecule has 0 aliphatic heterocycles. The van der Waals surface area contributed by atoms with Gasteiger partial charge in [0, 0.05) is 12.1 Å². The lowest BCUT2D eigenvalue weighted by Crippen LogP contribution is -2.15. The van der Waals surface area contributed by atoms with Crippen LogP contribution in [0.3, 0.4) is 0 Å². The maximum absolute atomic E-state index is 11.6. The van der Waals surface area contributed by atoms with E-state index >= 15 is 0 Å². The summed E-state index contributed by atoms with van der Waals surface area (Å²) in [6.07, 6.45) is 0.754. The molecule has 0 aliphatic rings. The molecule has 1 aromatic carbocycles. The van der Waals surface area contributed by atoms with Crippen molar-refractivity contribution in [1.29, 1.82) is 0 Å². The summed E-state index contributed by atoms with van der Waals surface area (Å²) in [5.41, 5.74) is 1.86. The number of hydrogen-bond acceptors (Lipinski definition) is 3. The van der Waals surface area contributed by atoms with Gasteiger partial charge >= 0.3 is 5.97 Å². The summed E-state index contributed by atoms with van der Waals surface area (Å²) in [6, 6.07) is 7.60. The van der Waals surface area contributed by atoms with Crippen molar-refractivity contribution in [2.75, 3.05) is 16.8 Å². The van der Waals surface area contributed by atoms with E-state index < -0.39 is 5.97 Å². The zero-order valence-electron chi connectivity index (χ0n) is 10.3. The molecule has 0 aromatic heterocycles. The molecule has 5 heteroatoms. The molecule has 1 amide bonds. The third kappa shape index (κ3) is 5.72. The number of hydrogen-bond donors (Lipinski definition) is 2. The summed E-state index contributed by atoms with van der Waals surface area (Å²) in [5.74, 6) is 0.200. The molecule has 2 N–H and O–H groups in total. The molecule has 18 heavy (non-hydrogen) atoms. The molecule has 0 saturated heterocycles. The Bertz CT molecular complexity index is 420. The van der Waals surface area contributed by atoms with Gasteiger partial charge in [-0.25, -0.2) is 0 Å². The van der Waals surface area contributed by atoms with Gasteiger partial charge in [0.05, 0.1) is 5.75 Å². The standard InChI is InChI=1S/C13H17NO3S/c1-10-5-2-3-6-11(10)14-12(15)9-18-8-4-7-13(16)17/h2-3,5-6H,4,7-9H2,1H3,(H,14,15)(H,16,17). The highest BCUT2D eigenvalue weighted by Gasteiger charge is 2.04. The van der Waals surface area contributed by atoms with Crippen LogP contribution in [-0.2, 0) is 9.59 Å². The van der Waals surface area contributed by atoms with Crippen LogP contribution < -0.4 is 5.32 Å². The van der Waals surface area contributed by atoms with Crippen molar-refractivity contribution in [2.45, 2.75) is 19.8 Å². The molecular formula is C13H17NO3S. The Labute approximate surface area is 111 Å². The van der Waals surface area contributed by atoms with Crippen LogP contribution >= 0.6 is 11.8 Å². The molecule has 0 unspecified atom stereocenters. The van der Waals surface area contributed by atoms with Crippen LogP contribution in [0.25, 0.3) is 0 Å². The van der Waals surface area contributed by atoms with Gasteiger partial charge in [-0.1, -0.05) is 18.2 Å². The van der Waals surface area contributed by atoms with Crippen LogP contribution in [0.5, 0.6) is 0 Å². The van der Waals surface area contributed by atoms with Gasteiger partial charge in [0.25, 0.3) is 0 Å². The van der Waals surface area contributed by atoms with Crippen molar-refractivity contribution in [1.82, 2.24) is 0 Å². The normalized spacial score (nSPS) is 10.1. The highest BCUT2D eigenvalue weighted by atomic mass is 32.2. The van der Waals surface area contributed by atoms with E-state index in [-0.39, 0.29) is 12.3 Å². The first-order valence-corrected chi connectivity index (χ1v) is 6.90. The minimum Gasteiger partial charge on any atom is -0.481 e. The number of carbonyl (C=O) groups excluding carboxylic acids is 1. The van der Waals surface area contributed by atoms with Crippen LogP contribution in [-0.4, -0.2) is 28.5 Å². The predicted molar refractivity (Wildman–Crippen MR) is 74.0 cm³/mol. The Morgan fingerprint density at radius 2 is 2.06 bits per heavy atom. The molecule has 1 rings (SSSR count). The highest BCUT2D eigenvalue weighted by Crippen LogP contribution is 2.14. The Hall–Kier alpha value is -1.49. The quantitative estimate of drug-likeness (QED) is 0.745. The maximum atomic E-state index is 11.6. The zero-order valence-corrected chi connectivity index (χ0v) is 11.1. The van der Waals surface area contributed by atoms with E-state index in [1.54, 1.807) is 0 Å². The van der Waals surface area contributed by atoms with Gasteiger partial charge in [-0.3, -0.25) is 9.59 Å². The number of nitrogens with one attached hydrogen (secondary N) is 1.